The van der Waals surface area contributed by atoms with Crippen LogP contribution in [0.25, 0.3) is 0 Å². The molecule has 0 radical (unpaired) electrons. The van der Waals surface area contributed by atoms with Gasteiger partial charge in [-0.2, -0.15) is 4.98 Å². The highest BCUT2D eigenvalue weighted by Crippen LogP contribution is 2.24. The third-order valence-corrected chi connectivity index (χ3v) is 2.89. The minimum absolute atomic E-state index is 0.614. The van der Waals surface area contributed by atoms with E-state index in [2.05, 4.69) is 21.8 Å². The monoisotopic (exact) mass is 222 g/mol. The largest absolute Gasteiger partial charge is 0.481 e. The second kappa shape index (κ2) is 4.57. The lowest BCUT2D eigenvalue weighted by Gasteiger charge is -2.33. The van der Waals surface area contributed by atoms with Crippen LogP contribution in [0, 0.1) is 0 Å². The predicted molar refractivity (Wildman–Crippen MR) is 64.9 cm³/mol. The van der Waals surface area contributed by atoms with E-state index >= 15 is 0 Å². The molecule has 0 bridgehead atoms. The van der Waals surface area contributed by atoms with Gasteiger partial charge in [0.2, 0.25) is 5.88 Å². The summed E-state index contributed by atoms with van der Waals surface area (Å²) in [5, 5.41) is 0. The predicted octanol–water partition coefficient (Wildman–Crippen LogP) is 0.424. The number of rotatable bonds is 2. The standard InChI is InChI=1S/C11H18N4O/c1-14-5-7-15(8-6-14)11-9(12)3-4-10(13-11)16-2/h3-4H,5-8,12H2,1-2H3. The molecule has 1 fully saturated rings. The number of methoxy groups -OCH3 is 1. The van der Waals surface area contributed by atoms with E-state index in [1.54, 1.807) is 13.2 Å². The van der Waals surface area contributed by atoms with Crippen molar-refractivity contribution in [3.8, 4) is 5.88 Å². The Hall–Kier alpha value is -1.49. The lowest BCUT2D eigenvalue weighted by atomic mass is 10.3. The summed E-state index contributed by atoms with van der Waals surface area (Å²) in [4.78, 5) is 8.90. The molecule has 0 aromatic carbocycles. The van der Waals surface area contributed by atoms with Crippen molar-refractivity contribution in [2.24, 2.45) is 0 Å². The Kier molecular flexibility index (Phi) is 3.14. The number of nitrogen functional groups attached to an aromatic ring is 1. The first-order valence-corrected chi connectivity index (χ1v) is 5.44. The molecular formula is C11H18N4O. The fourth-order valence-electron chi connectivity index (χ4n) is 1.83. The molecule has 88 valence electrons. The van der Waals surface area contributed by atoms with Crippen molar-refractivity contribution in [2.45, 2.75) is 0 Å². The van der Waals surface area contributed by atoms with Gasteiger partial charge in [0.05, 0.1) is 12.8 Å². The minimum atomic E-state index is 0.614. The summed E-state index contributed by atoms with van der Waals surface area (Å²) in [6, 6.07) is 3.63. The number of hydrogen-bond donors (Lipinski definition) is 1. The second-order valence-electron chi connectivity index (χ2n) is 4.06. The van der Waals surface area contributed by atoms with E-state index in [1.165, 1.54) is 0 Å². The summed E-state index contributed by atoms with van der Waals surface area (Å²) < 4.78 is 5.12. The quantitative estimate of drug-likeness (QED) is 0.786. The first-order chi connectivity index (χ1) is 7.70. The maximum Gasteiger partial charge on any atom is 0.215 e. The van der Waals surface area contributed by atoms with Crippen molar-refractivity contribution in [3.63, 3.8) is 0 Å². The Morgan fingerprint density at radius 1 is 1.25 bits per heavy atom. The van der Waals surface area contributed by atoms with Gasteiger partial charge in [-0.05, 0) is 13.1 Å². The summed E-state index contributed by atoms with van der Waals surface area (Å²) in [5.41, 5.74) is 6.65. The van der Waals surface area contributed by atoms with Crippen molar-refractivity contribution in [3.05, 3.63) is 12.1 Å². The summed E-state index contributed by atoms with van der Waals surface area (Å²) in [7, 11) is 3.74. The van der Waals surface area contributed by atoms with Crippen LogP contribution in [-0.4, -0.2) is 50.2 Å². The summed E-state index contributed by atoms with van der Waals surface area (Å²) >= 11 is 0. The molecule has 1 aromatic heterocycles. The van der Waals surface area contributed by atoms with E-state index in [-0.39, 0.29) is 0 Å². The van der Waals surface area contributed by atoms with Gasteiger partial charge in [-0.1, -0.05) is 0 Å². The van der Waals surface area contributed by atoms with Crippen LogP contribution in [-0.2, 0) is 0 Å². The molecule has 0 amide bonds. The molecule has 2 N–H and O–H groups in total. The number of anilines is 2. The highest BCUT2D eigenvalue weighted by atomic mass is 16.5. The highest BCUT2D eigenvalue weighted by Gasteiger charge is 2.17. The third kappa shape index (κ3) is 2.19. The maximum atomic E-state index is 5.94. The molecule has 2 heterocycles. The smallest absolute Gasteiger partial charge is 0.215 e. The number of pyridine rings is 1. The lowest BCUT2D eigenvalue weighted by Crippen LogP contribution is -2.45. The molecule has 1 aliphatic rings. The lowest BCUT2D eigenvalue weighted by molar-refractivity contribution is 0.311. The van der Waals surface area contributed by atoms with E-state index in [1.807, 2.05) is 6.07 Å². The van der Waals surface area contributed by atoms with Crippen molar-refractivity contribution in [2.75, 3.05) is 51.0 Å². The Bertz CT molecular complexity index is 361. The zero-order chi connectivity index (χ0) is 11.5. The van der Waals surface area contributed by atoms with Gasteiger partial charge in [0.25, 0.3) is 0 Å². The van der Waals surface area contributed by atoms with Crippen LogP contribution in [0.3, 0.4) is 0 Å². The average molecular weight is 222 g/mol. The molecule has 0 saturated carbocycles. The molecule has 16 heavy (non-hydrogen) atoms. The fourth-order valence-corrected chi connectivity index (χ4v) is 1.83. The van der Waals surface area contributed by atoms with Gasteiger partial charge >= 0.3 is 0 Å². The SMILES string of the molecule is COc1ccc(N)c(N2CCN(C)CC2)n1. The summed E-state index contributed by atoms with van der Waals surface area (Å²) in [6.45, 7) is 4.00. The average Bonchev–Trinajstić information content (AvgIpc) is 2.31. The number of aromatic nitrogens is 1. The van der Waals surface area contributed by atoms with Crippen LogP contribution in [0.5, 0.6) is 5.88 Å². The first-order valence-electron chi connectivity index (χ1n) is 5.44. The van der Waals surface area contributed by atoms with Gasteiger partial charge in [-0.25, -0.2) is 0 Å². The number of piperazine rings is 1. The van der Waals surface area contributed by atoms with Gasteiger partial charge in [-0.3, -0.25) is 0 Å². The van der Waals surface area contributed by atoms with E-state index in [0.29, 0.717) is 11.6 Å². The zero-order valence-electron chi connectivity index (χ0n) is 9.81. The van der Waals surface area contributed by atoms with E-state index in [9.17, 15) is 0 Å². The number of likely N-dealkylation sites (N-methyl/N-ethyl adjacent to an activating group) is 1. The van der Waals surface area contributed by atoms with Crippen LogP contribution >= 0.6 is 0 Å². The van der Waals surface area contributed by atoms with Crippen LogP contribution in [0.1, 0.15) is 0 Å². The molecule has 5 nitrogen and oxygen atoms in total. The molecule has 2 rings (SSSR count). The Labute approximate surface area is 95.8 Å². The summed E-state index contributed by atoms with van der Waals surface area (Å²) in [6.07, 6.45) is 0. The van der Waals surface area contributed by atoms with Gasteiger partial charge < -0.3 is 20.3 Å². The molecule has 0 atom stereocenters. The van der Waals surface area contributed by atoms with Crippen molar-refractivity contribution < 1.29 is 4.74 Å². The molecular weight excluding hydrogens is 204 g/mol. The van der Waals surface area contributed by atoms with Gasteiger partial charge in [-0.15, -0.1) is 0 Å². The molecule has 1 aromatic rings. The van der Waals surface area contributed by atoms with Crippen LogP contribution in [0.2, 0.25) is 0 Å². The first kappa shape index (κ1) is 11.0. The van der Waals surface area contributed by atoms with Gasteiger partial charge in [0.15, 0.2) is 5.82 Å². The summed E-state index contributed by atoms with van der Waals surface area (Å²) in [5.74, 6) is 1.45. The topological polar surface area (TPSA) is 54.6 Å². The Balaban J connectivity index is 2.19. The Morgan fingerprint density at radius 2 is 1.94 bits per heavy atom. The molecule has 1 aliphatic heterocycles. The van der Waals surface area contributed by atoms with Gasteiger partial charge in [0, 0.05) is 32.2 Å². The fraction of sp³-hybridized carbons (Fsp3) is 0.545. The minimum Gasteiger partial charge on any atom is -0.481 e. The van der Waals surface area contributed by atoms with Crippen molar-refractivity contribution in [1.82, 2.24) is 9.88 Å². The zero-order valence-corrected chi connectivity index (χ0v) is 9.81. The number of ether oxygens (including phenoxy) is 1. The normalized spacial score (nSPS) is 17.5. The number of hydrogen-bond acceptors (Lipinski definition) is 5. The Morgan fingerprint density at radius 3 is 2.56 bits per heavy atom. The second-order valence-corrected chi connectivity index (χ2v) is 4.06. The number of nitrogens with zero attached hydrogens (tertiary/aromatic N) is 3. The molecule has 1 saturated heterocycles. The van der Waals surface area contributed by atoms with Crippen LogP contribution in [0.4, 0.5) is 11.5 Å². The van der Waals surface area contributed by atoms with Crippen LogP contribution < -0.4 is 15.4 Å². The van der Waals surface area contributed by atoms with Crippen molar-refractivity contribution in [1.29, 1.82) is 0 Å². The molecule has 0 spiro atoms. The van der Waals surface area contributed by atoms with E-state index in [0.717, 1.165) is 32.0 Å². The van der Waals surface area contributed by atoms with Gasteiger partial charge in [0.1, 0.15) is 0 Å². The van der Waals surface area contributed by atoms with E-state index < -0.39 is 0 Å². The number of nitrogens with two attached hydrogens (primary N) is 1. The molecule has 0 aliphatic carbocycles. The van der Waals surface area contributed by atoms with Crippen molar-refractivity contribution >= 4 is 11.5 Å². The molecule has 5 heteroatoms. The highest BCUT2D eigenvalue weighted by molar-refractivity contribution is 5.63. The van der Waals surface area contributed by atoms with E-state index in [4.69, 9.17) is 10.5 Å². The third-order valence-electron chi connectivity index (χ3n) is 2.89. The molecule has 0 unspecified atom stereocenters. The maximum absolute atomic E-state index is 5.94. The van der Waals surface area contributed by atoms with Crippen LogP contribution in [0.15, 0.2) is 12.1 Å².